The molecular weight excluding hydrogens is 224 g/mol. The Morgan fingerprint density at radius 3 is 2.88 bits per heavy atom. The summed E-state index contributed by atoms with van der Waals surface area (Å²) in [6, 6.07) is 3.89. The van der Waals surface area contributed by atoms with Crippen molar-refractivity contribution < 1.29 is 5.11 Å². The van der Waals surface area contributed by atoms with Crippen LogP contribution < -0.4 is 0 Å². The predicted molar refractivity (Wildman–Crippen MR) is 62.2 cm³/mol. The molecule has 1 N–H and O–H groups in total. The van der Waals surface area contributed by atoms with Crippen LogP contribution in [0.25, 0.3) is 0 Å². The van der Waals surface area contributed by atoms with Crippen LogP contribution in [0.3, 0.4) is 0 Å². The molecule has 86 valence electrons. The molecule has 2 aliphatic rings. The van der Waals surface area contributed by atoms with Gasteiger partial charge in [-0.3, -0.25) is 4.90 Å². The molecule has 1 aromatic heterocycles. The number of likely N-dealkylation sites (tertiary alicyclic amines) is 1. The van der Waals surface area contributed by atoms with E-state index in [4.69, 9.17) is 11.6 Å². The summed E-state index contributed by atoms with van der Waals surface area (Å²) in [5.74, 6) is 0.549. The van der Waals surface area contributed by atoms with E-state index in [-0.39, 0.29) is 0 Å². The third-order valence-electron chi connectivity index (χ3n) is 3.56. The van der Waals surface area contributed by atoms with Crippen molar-refractivity contribution in [2.45, 2.75) is 25.0 Å². The number of aliphatic hydroxyl groups is 1. The Bertz CT molecular complexity index is 400. The first-order valence-corrected chi connectivity index (χ1v) is 6.09. The largest absolute Gasteiger partial charge is 0.387 e. The number of halogens is 1. The fourth-order valence-electron chi connectivity index (χ4n) is 2.50. The standard InChI is InChI=1S/C12H15ClN2O/c13-11-9(2-1-5-14-11)6-15-7-12(16,8-15)10-3-4-10/h1-2,5,10,16H,3-4,6-8H2. The minimum absolute atomic E-state index is 0.408. The summed E-state index contributed by atoms with van der Waals surface area (Å²) >= 11 is 6.00. The minimum atomic E-state index is -0.408. The molecule has 1 saturated carbocycles. The molecule has 1 aliphatic carbocycles. The molecule has 16 heavy (non-hydrogen) atoms. The maximum atomic E-state index is 10.2. The van der Waals surface area contributed by atoms with E-state index < -0.39 is 5.60 Å². The number of hydrogen-bond donors (Lipinski definition) is 1. The van der Waals surface area contributed by atoms with E-state index in [1.165, 1.54) is 12.8 Å². The molecule has 0 radical (unpaired) electrons. The molecule has 0 aromatic carbocycles. The van der Waals surface area contributed by atoms with Crippen LogP contribution in [0, 0.1) is 5.92 Å². The molecule has 2 heterocycles. The van der Waals surface area contributed by atoms with Gasteiger partial charge in [0.25, 0.3) is 0 Å². The SMILES string of the molecule is OC1(C2CC2)CN(Cc2cccnc2Cl)C1. The number of hydrogen-bond acceptors (Lipinski definition) is 3. The number of nitrogens with zero attached hydrogens (tertiary/aromatic N) is 2. The highest BCUT2D eigenvalue weighted by Crippen LogP contribution is 2.44. The molecule has 1 aromatic rings. The van der Waals surface area contributed by atoms with E-state index in [0.717, 1.165) is 25.2 Å². The van der Waals surface area contributed by atoms with E-state index in [0.29, 0.717) is 11.1 Å². The van der Waals surface area contributed by atoms with Gasteiger partial charge in [0.05, 0.1) is 5.60 Å². The second kappa shape index (κ2) is 3.69. The Balaban J connectivity index is 1.60. The van der Waals surface area contributed by atoms with Crippen molar-refractivity contribution in [1.29, 1.82) is 0 Å². The van der Waals surface area contributed by atoms with E-state index in [9.17, 15) is 5.11 Å². The average molecular weight is 239 g/mol. The van der Waals surface area contributed by atoms with Gasteiger partial charge in [0.1, 0.15) is 5.15 Å². The molecule has 4 heteroatoms. The number of pyridine rings is 1. The maximum absolute atomic E-state index is 10.2. The Hall–Kier alpha value is -0.640. The summed E-state index contributed by atoms with van der Waals surface area (Å²) in [5.41, 5.74) is 0.635. The number of β-amino-alcohol motifs (C(OH)–C–C–N with tert-alkyl or cyclic N) is 1. The van der Waals surface area contributed by atoms with Crippen LogP contribution in [0.1, 0.15) is 18.4 Å². The van der Waals surface area contributed by atoms with Crippen molar-refractivity contribution in [3.63, 3.8) is 0 Å². The van der Waals surface area contributed by atoms with E-state index >= 15 is 0 Å². The zero-order chi connectivity index (χ0) is 11.2. The average Bonchev–Trinajstić information content (AvgIpc) is 3.02. The Kier molecular flexibility index (Phi) is 2.42. The van der Waals surface area contributed by atoms with Crippen LogP contribution in [0.2, 0.25) is 5.15 Å². The normalized spacial score (nSPS) is 24.1. The van der Waals surface area contributed by atoms with Gasteiger partial charge in [-0.2, -0.15) is 0 Å². The van der Waals surface area contributed by atoms with Crippen molar-refractivity contribution in [3.05, 3.63) is 29.0 Å². The first-order valence-electron chi connectivity index (χ1n) is 5.71. The molecule has 1 aliphatic heterocycles. The topological polar surface area (TPSA) is 36.4 Å². The minimum Gasteiger partial charge on any atom is -0.387 e. The van der Waals surface area contributed by atoms with Gasteiger partial charge in [-0.1, -0.05) is 17.7 Å². The Morgan fingerprint density at radius 1 is 1.50 bits per heavy atom. The highest BCUT2D eigenvalue weighted by Gasteiger charge is 2.51. The Labute approximate surface area is 100 Å². The van der Waals surface area contributed by atoms with Crippen LogP contribution in [0.15, 0.2) is 18.3 Å². The summed E-state index contributed by atoms with van der Waals surface area (Å²) in [4.78, 5) is 6.27. The van der Waals surface area contributed by atoms with E-state index in [2.05, 4.69) is 9.88 Å². The number of rotatable bonds is 3. The van der Waals surface area contributed by atoms with Gasteiger partial charge in [0.2, 0.25) is 0 Å². The molecule has 3 rings (SSSR count). The lowest BCUT2D eigenvalue weighted by Gasteiger charge is -2.47. The van der Waals surface area contributed by atoms with Gasteiger partial charge in [-0.25, -0.2) is 4.98 Å². The fraction of sp³-hybridized carbons (Fsp3) is 0.583. The summed E-state index contributed by atoms with van der Waals surface area (Å²) < 4.78 is 0. The third-order valence-corrected chi connectivity index (χ3v) is 3.90. The zero-order valence-corrected chi connectivity index (χ0v) is 9.82. The van der Waals surface area contributed by atoms with E-state index in [1.807, 2.05) is 12.1 Å². The smallest absolute Gasteiger partial charge is 0.133 e. The van der Waals surface area contributed by atoms with Gasteiger partial charge in [-0.05, 0) is 24.8 Å². The third kappa shape index (κ3) is 1.83. The van der Waals surface area contributed by atoms with Crippen LogP contribution in [-0.4, -0.2) is 33.7 Å². The van der Waals surface area contributed by atoms with Crippen LogP contribution in [-0.2, 0) is 6.54 Å². The molecule has 1 saturated heterocycles. The molecule has 0 unspecified atom stereocenters. The van der Waals surface area contributed by atoms with Crippen molar-refractivity contribution >= 4 is 11.6 Å². The molecule has 0 bridgehead atoms. The van der Waals surface area contributed by atoms with Gasteiger partial charge in [-0.15, -0.1) is 0 Å². The molecule has 3 nitrogen and oxygen atoms in total. The maximum Gasteiger partial charge on any atom is 0.133 e. The van der Waals surface area contributed by atoms with Crippen molar-refractivity contribution in [1.82, 2.24) is 9.88 Å². The highest BCUT2D eigenvalue weighted by molar-refractivity contribution is 6.30. The van der Waals surface area contributed by atoms with Crippen molar-refractivity contribution in [2.24, 2.45) is 5.92 Å². The first-order chi connectivity index (χ1) is 7.67. The Morgan fingerprint density at radius 2 is 2.25 bits per heavy atom. The summed E-state index contributed by atoms with van der Waals surface area (Å²) in [6.07, 6.45) is 4.08. The monoisotopic (exact) mass is 238 g/mol. The van der Waals surface area contributed by atoms with E-state index in [1.54, 1.807) is 6.20 Å². The van der Waals surface area contributed by atoms with Crippen LogP contribution >= 0.6 is 11.6 Å². The molecule has 2 fully saturated rings. The van der Waals surface area contributed by atoms with Crippen LogP contribution in [0.4, 0.5) is 0 Å². The molecule has 0 spiro atoms. The van der Waals surface area contributed by atoms with Crippen molar-refractivity contribution in [2.75, 3.05) is 13.1 Å². The fourth-order valence-corrected chi connectivity index (χ4v) is 2.68. The summed E-state index contributed by atoms with van der Waals surface area (Å²) in [6.45, 7) is 2.35. The van der Waals surface area contributed by atoms with Crippen LogP contribution in [0.5, 0.6) is 0 Å². The lowest BCUT2D eigenvalue weighted by molar-refractivity contribution is -0.116. The predicted octanol–water partition coefficient (Wildman–Crippen LogP) is 1.69. The van der Waals surface area contributed by atoms with Gasteiger partial charge >= 0.3 is 0 Å². The molecule has 0 atom stereocenters. The lowest BCUT2D eigenvalue weighted by Crippen LogP contribution is -2.62. The second-order valence-corrected chi connectivity index (χ2v) is 5.33. The quantitative estimate of drug-likeness (QED) is 0.815. The van der Waals surface area contributed by atoms with Crippen molar-refractivity contribution in [3.8, 4) is 0 Å². The second-order valence-electron chi connectivity index (χ2n) is 4.98. The molecular formula is C12H15ClN2O. The zero-order valence-electron chi connectivity index (χ0n) is 9.06. The molecule has 0 amide bonds. The summed E-state index contributed by atoms with van der Waals surface area (Å²) in [5, 5.41) is 10.8. The van der Waals surface area contributed by atoms with Gasteiger partial charge < -0.3 is 5.11 Å². The number of aromatic nitrogens is 1. The van der Waals surface area contributed by atoms with Gasteiger partial charge in [0, 0.05) is 31.4 Å². The first kappa shape index (κ1) is 10.5. The van der Waals surface area contributed by atoms with Gasteiger partial charge in [0.15, 0.2) is 0 Å². The summed E-state index contributed by atoms with van der Waals surface area (Å²) in [7, 11) is 0. The highest BCUT2D eigenvalue weighted by atomic mass is 35.5. The lowest BCUT2D eigenvalue weighted by atomic mass is 9.88.